The molecule has 0 saturated carbocycles. The highest BCUT2D eigenvalue weighted by atomic mass is 79.9. The number of anilines is 2. The van der Waals surface area contributed by atoms with Gasteiger partial charge in [-0.2, -0.15) is 0 Å². The standard InChI is InChI=1S/C26H32N8O8.2BrH/c27-17(37)9-33-19(39)11-29-5-7-31-13-1-2-14(32-8-6-30-12-20(40)34-10-18(28)38)22-21(13)25(41)23-15(35)3-4-16(36)24(23)26(22)42;;/h1-4,29-32,35-36H,5-12H2,(H2,27,37)(H2,28,38)(H,33,39)(H,34,40);2*1H. The first-order chi connectivity index (χ1) is 20.0. The van der Waals surface area contributed by atoms with Gasteiger partial charge >= 0.3 is 0 Å². The second kappa shape index (κ2) is 17.8. The Hall–Kier alpha value is -4.26. The normalized spacial score (nSPS) is 11.2. The minimum absolute atomic E-state index is 0. The van der Waals surface area contributed by atoms with Gasteiger partial charge in [-0.3, -0.25) is 28.8 Å². The van der Waals surface area contributed by atoms with Crippen molar-refractivity contribution in [2.75, 3.05) is 63.0 Å². The van der Waals surface area contributed by atoms with Crippen molar-refractivity contribution in [1.82, 2.24) is 21.3 Å². The van der Waals surface area contributed by atoms with Gasteiger partial charge in [0.05, 0.1) is 48.4 Å². The van der Waals surface area contributed by atoms with Crippen molar-refractivity contribution in [3.63, 3.8) is 0 Å². The molecule has 0 bridgehead atoms. The van der Waals surface area contributed by atoms with Gasteiger partial charge in [-0.05, 0) is 24.3 Å². The molecule has 0 aromatic heterocycles. The van der Waals surface area contributed by atoms with Gasteiger partial charge in [-0.1, -0.05) is 0 Å². The molecule has 2 aromatic rings. The summed E-state index contributed by atoms with van der Waals surface area (Å²) in [6.07, 6.45) is 0. The van der Waals surface area contributed by atoms with E-state index in [0.717, 1.165) is 12.1 Å². The summed E-state index contributed by atoms with van der Waals surface area (Å²) < 4.78 is 0. The number of carbonyl (C=O) groups excluding carboxylic acids is 6. The van der Waals surface area contributed by atoms with Crippen LogP contribution < -0.4 is 43.4 Å². The SMILES string of the molecule is Br.Br.NC(=O)CNC(=O)CNCCNc1ccc(NCCNCC(=O)NCC(N)=O)c2c1C(=O)c1c(O)ccc(O)c1C2=O. The van der Waals surface area contributed by atoms with E-state index in [0.29, 0.717) is 0 Å². The molecule has 1 aliphatic rings. The van der Waals surface area contributed by atoms with Crippen molar-refractivity contribution in [3.8, 4) is 11.5 Å². The maximum atomic E-state index is 13.6. The van der Waals surface area contributed by atoms with Gasteiger partial charge in [0, 0.05) is 37.6 Å². The van der Waals surface area contributed by atoms with E-state index in [4.69, 9.17) is 11.5 Å². The molecule has 0 aliphatic heterocycles. The Morgan fingerprint density at radius 2 is 0.932 bits per heavy atom. The van der Waals surface area contributed by atoms with E-state index >= 15 is 0 Å². The number of phenolic OH excluding ortho intramolecular Hbond substituents is 2. The third-order valence-electron chi connectivity index (χ3n) is 6.00. The number of rotatable bonds is 16. The number of carbonyl (C=O) groups is 6. The zero-order valence-electron chi connectivity index (χ0n) is 23.3. The second-order valence-corrected chi connectivity index (χ2v) is 9.12. The third kappa shape index (κ3) is 9.90. The minimum Gasteiger partial charge on any atom is -0.507 e. The smallest absolute Gasteiger partial charge is 0.236 e. The Morgan fingerprint density at radius 3 is 1.27 bits per heavy atom. The number of amides is 4. The van der Waals surface area contributed by atoms with Crippen molar-refractivity contribution in [2.24, 2.45) is 11.5 Å². The van der Waals surface area contributed by atoms with Crippen molar-refractivity contribution in [3.05, 3.63) is 46.5 Å². The largest absolute Gasteiger partial charge is 0.507 e. The fraction of sp³-hybridized carbons (Fsp3) is 0.308. The number of phenols is 2. The minimum atomic E-state index is -0.679. The van der Waals surface area contributed by atoms with Crippen molar-refractivity contribution < 1.29 is 39.0 Å². The molecule has 12 N–H and O–H groups in total. The summed E-state index contributed by atoms with van der Waals surface area (Å²) in [6, 6.07) is 5.39. The molecule has 3 rings (SSSR count). The van der Waals surface area contributed by atoms with E-state index in [-0.39, 0.29) is 120 Å². The fourth-order valence-electron chi connectivity index (χ4n) is 4.13. The molecular formula is C26H34Br2N8O8. The van der Waals surface area contributed by atoms with Crippen LogP contribution in [0.4, 0.5) is 11.4 Å². The molecule has 2 aromatic carbocycles. The van der Waals surface area contributed by atoms with Crippen LogP contribution in [0.3, 0.4) is 0 Å². The van der Waals surface area contributed by atoms with Crippen LogP contribution in [0.2, 0.25) is 0 Å². The number of aromatic hydroxyl groups is 2. The number of fused-ring (bicyclic) bond motifs is 2. The average molecular weight is 746 g/mol. The van der Waals surface area contributed by atoms with Gasteiger partial charge in [-0.15, -0.1) is 34.0 Å². The predicted octanol–water partition coefficient (Wildman–Crippen LogP) is -1.76. The fourth-order valence-corrected chi connectivity index (χ4v) is 4.13. The lowest BCUT2D eigenvalue weighted by atomic mass is 9.81. The van der Waals surface area contributed by atoms with E-state index in [1.54, 1.807) is 12.1 Å². The topological polar surface area (TPSA) is 267 Å². The monoisotopic (exact) mass is 744 g/mol. The molecule has 4 amide bonds. The van der Waals surface area contributed by atoms with E-state index < -0.39 is 46.7 Å². The Kier molecular flexibility index (Phi) is 15.2. The lowest BCUT2D eigenvalue weighted by Crippen LogP contribution is -2.39. The summed E-state index contributed by atoms with van der Waals surface area (Å²) >= 11 is 0. The van der Waals surface area contributed by atoms with Gasteiger partial charge < -0.3 is 53.6 Å². The average Bonchev–Trinajstić information content (AvgIpc) is 2.94. The van der Waals surface area contributed by atoms with Crippen molar-refractivity contribution in [1.29, 1.82) is 0 Å². The molecule has 1 aliphatic carbocycles. The van der Waals surface area contributed by atoms with Gasteiger partial charge in [0.15, 0.2) is 0 Å². The highest BCUT2D eigenvalue weighted by molar-refractivity contribution is 8.93. The Bertz CT molecular complexity index is 1320. The molecule has 240 valence electrons. The number of benzene rings is 2. The first-order valence-electron chi connectivity index (χ1n) is 12.8. The van der Waals surface area contributed by atoms with Gasteiger partial charge in [0.25, 0.3) is 0 Å². The van der Waals surface area contributed by atoms with Crippen molar-refractivity contribution >= 4 is 80.5 Å². The van der Waals surface area contributed by atoms with Crippen LogP contribution in [0.5, 0.6) is 11.5 Å². The lowest BCUT2D eigenvalue weighted by molar-refractivity contribution is -0.124. The molecular weight excluding hydrogens is 712 g/mol. The zero-order chi connectivity index (χ0) is 30.8. The van der Waals surface area contributed by atoms with Crippen LogP contribution in [0, 0.1) is 0 Å². The van der Waals surface area contributed by atoms with Crippen LogP contribution in [-0.2, 0) is 19.2 Å². The molecule has 0 saturated heterocycles. The molecule has 18 heteroatoms. The molecule has 0 spiro atoms. The maximum absolute atomic E-state index is 13.6. The lowest BCUT2D eigenvalue weighted by Gasteiger charge is -2.25. The molecule has 0 heterocycles. The number of nitrogens with one attached hydrogen (secondary N) is 6. The van der Waals surface area contributed by atoms with E-state index in [9.17, 15) is 39.0 Å². The van der Waals surface area contributed by atoms with Gasteiger partial charge in [-0.25, -0.2) is 0 Å². The summed E-state index contributed by atoms with van der Waals surface area (Å²) in [6.45, 7) is 0.240. The molecule has 0 fully saturated rings. The molecule has 0 atom stereocenters. The van der Waals surface area contributed by atoms with E-state index in [2.05, 4.69) is 31.9 Å². The highest BCUT2D eigenvalue weighted by Gasteiger charge is 2.37. The summed E-state index contributed by atoms with van der Waals surface area (Å²) in [4.78, 5) is 72.1. The highest BCUT2D eigenvalue weighted by Crippen LogP contribution is 2.42. The first kappa shape index (κ1) is 37.8. The van der Waals surface area contributed by atoms with Crippen molar-refractivity contribution in [2.45, 2.75) is 0 Å². The maximum Gasteiger partial charge on any atom is 0.236 e. The van der Waals surface area contributed by atoms with Gasteiger partial charge in [0.1, 0.15) is 11.5 Å². The third-order valence-corrected chi connectivity index (χ3v) is 6.00. The first-order valence-corrected chi connectivity index (χ1v) is 12.8. The predicted molar refractivity (Wildman–Crippen MR) is 171 cm³/mol. The Labute approximate surface area is 272 Å². The van der Waals surface area contributed by atoms with Crippen LogP contribution in [-0.4, -0.2) is 97.8 Å². The van der Waals surface area contributed by atoms with E-state index in [1.165, 1.54) is 0 Å². The van der Waals surface area contributed by atoms with Gasteiger partial charge in [0.2, 0.25) is 35.2 Å². The molecule has 0 radical (unpaired) electrons. The summed E-state index contributed by atoms with van der Waals surface area (Å²) in [5.74, 6) is -4.49. The quantitative estimate of drug-likeness (QED) is 0.0577. The Morgan fingerprint density at radius 1 is 0.568 bits per heavy atom. The number of hydrogen-bond acceptors (Lipinski definition) is 12. The molecule has 0 unspecified atom stereocenters. The number of primary amides is 2. The number of nitrogens with two attached hydrogens (primary N) is 2. The Balaban J connectivity index is 0.00000484. The summed E-state index contributed by atoms with van der Waals surface area (Å²) in [5, 5.41) is 37.3. The number of ketones is 2. The summed E-state index contributed by atoms with van der Waals surface area (Å²) in [5.41, 5.74) is 9.87. The molecule has 44 heavy (non-hydrogen) atoms. The van der Waals surface area contributed by atoms with Crippen LogP contribution in [0.25, 0.3) is 0 Å². The molecule has 16 nitrogen and oxygen atoms in total. The van der Waals surface area contributed by atoms with Crippen LogP contribution >= 0.6 is 34.0 Å². The zero-order valence-corrected chi connectivity index (χ0v) is 26.7. The number of halogens is 2. The second-order valence-electron chi connectivity index (χ2n) is 9.12. The van der Waals surface area contributed by atoms with Crippen LogP contribution in [0.15, 0.2) is 24.3 Å². The number of hydrogen-bond donors (Lipinski definition) is 10. The summed E-state index contributed by atoms with van der Waals surface area (Å²) in [7, 11) is 0. The van der Waals surface area contributed by atoms with E-state index in [1.807, 2.05) is 0 Å². The van der Waals surface area contributed by atoms with Crippen LogP contribution in [0.1, 0.15) is 31.8 Å².